The number of carbonyl (C=O) groups excluding carboxylic acids is 2. The number of esters is 2. The Labute approximate surface area is 160 Å². The van der Waals surface area contributed by atoms with E-state index in [2.05, 4.69) is 10.0 Å². The van der Waals surface area contributed by atoms with E-state index in [0.717, 1.165) is 0 Å². The lowest BCUT2D eigenvalue weighted by atomic mass is 10.1. The molecule has 3 rings (SSSR count). The molecule has 2 aromatic rings. The van der Waals surface area contributed by atoms with Crippen molar-refractivity contribution in [3.8, 4) is 0 Å². The number of aliphatic hydroxyl groups is 1. The summed E-state index contributed by atoms with van der Waals surface area (Å²) in [6.07, 6.45) is -4.94. The highest BCUT2D eigenvalue weighted by molar-refractivity contribution is 5.90. The van der Waals surface area contributed by atoms with E-state index in [9.17, 15) is 14.7 Å². The fourth-order valence-corrected chi connectivity index (χ4v) is 2.77. The van der Waals surface area contributed by atoms with E-state index < -0.39 is 36.5 Å². The zero-order valence-electron chi connectivity index (χ0n) is 14.6. The molecule has 144 valence electrons. The molecule has 1 saturated heterocycles. The quantitative estimate of drug-likeness (QED) is 0.353. The maximum Gasteiger partial charge on any atom is 0.338 e. The lowest BCUT2D eigenvalue weighted by Crippen LogP contribution is -2.41. The lowest BCUT2D eigenvalue weighted by Gasteiger charge is -2.22. The number of rotatable bonds is 6. The first kappa shape index (κ1) is 19.4. The minimum absolute atomic E-state index is 0.209. The third-order valence-electron chi connectivity index (χ3n) is 4.12. The molecule has 9 heteroatoms. The smallest absolute Gasteiger partial charge is 0.338 e. The van der Waals surface area contributed by atoms with Crippen molar-refractivity contribution < 1.29 is 28.9 Å². The van der Waals surface area contributed by atoms with Crippen molar-refractivity contribution >= 4 is 11.9 Å². The Bertz CT molecular complexity index is 870. The fraction of sp³-hybridized carbons (Fsp3) is 0.263. The highest BCUT2D eigenvalue weighted by atomic mass is 16.7. The monoisotopic (exact) mass is 383 g/mol. The van der Waals surface area contributed by atoms with Gasteiger partial charge in [0.25, 0.3) is 0 Å². The van der Waals surface area contributed by atoms with Gasteiger partial charge in [0.05, 0.1) is 17.7 Å². The van der Waals surface area contributed by atoms with Crippen LogP contribution in [0, 0.1) is 0 Å². The number of carbonyl (C=O) groups is 2. The third-order valence-corrected chi connectivity index (χ3v) is 4.12. The van der Waals surface area contributed by atoms with Gasteiger partial charge in [-0.15, -0.1) is 0 Å². The van der Waals surface area contributed by atoms with Crippen molar-refractivity contribution in [1.29, 1.82) is 0 Å². The topological polar surface area (TPSA) is 131 Å². The van der Waals surface area contributed by atoms with E-state index in [1.807, 2.05) is 0 Å². The molecular formula is C19H17N3O6. The van der Waals surface area contributed by atoms with Crippen molar-refractivity contribution in [3.63, 3.8) is 0 Å². The standard InChI is InChI=1S/C19H17N3O6/c20-22-21-11-14-15(27-17(23)12-7-3-1-4-8-12)16(19(25)26-14)28-18(24)13-9-5-2-6-10-13/h1-10,14-16,19,25H,11H2/t14-,15?,16+,19-/m1/s1. The Morgan fingerprint density at radius 1 is 0.964 bits per heavy atom. The van der Waals surface area contributed by atoms with Crippen LogP contribution < -0.4 is 0 Å². The number of azide groups is 1. The number of hydrogen-bond acceptors (Lipinski definition) is 7. The van der Waals surface area contributed by atoms with Gasteiger partial charge in [-0.3, -0.25) is 0 Å². The normalized spacial score (nSPS) is 23.5. The van der Waals surface area contributed by atoms with Crippen LogP contribution in [0.2, 0.25) is 0 Å². The van der Waals surface area contributed by atoms with E-state index in [4.69, 9.17) is 19.7 Å². The number of hydrogen-bond donors (Lipinski definition) is 1. The summed E-state index contributed by atoms with van der Waals surface area (Å²) >= 11 is 0. The molecular weight excluding hydrogens is 366 g/mol. The molecule has 0 aromatic heterocycles. The van der Waals surface area contributed by atoms with Crippen LogP contribution in [0.4, 0.5) is 0 Å². The highest BCUT2D eigenvalue weighted by Crippen LogP contribution is 2.27. The van der Waals surface area contributed by atoms with Gasteiger partial charge in [-0.2, -0.15) is 0 Å². The Hall–Kier alpha value is -3.39. The van der Waals surface area contributed by atoms with Gasteiger partial charge in [0.1, 0.15) is 6.10 Å². The van der Waals surface area contributed by atoms with Crippen LogP contribution >= 0.6 is 0 Å². The molecule has 0 bridgehead atoms. The van der Waals surface area contributed by atoms with Crippen molar-refractivity contribution in [2.45, 2.75) is 24.6 Å². The van der Waals surface area contributed by atoms with E-state index in [-0.39, 0.29) is 17.7 Å². The first-order valence-corrected chi connectivity index (χ1v) is 8.46. The first-order chi connectivity index (χ1) is 13.6. The first-order valence-electron chi connectivity index (χ1n) is 8.46. The predicted octanol–water partition coefficient (Wildman–Crippen LogP) is 2.47. The second kappa shape index (κ2) is 9.01. The lowest BCUT2D eigenvalue weighted by molar-refractivity contribution is -0.128. The summed E-state index contributed by atoms with van der Waals surface area (Å²) < 4.78 is 16.1. The zero-order chi connectivity index (χ0) is 19.9. The number of benzene rings is 2. The average Bonchev–Trinajstić information content (AvgIpc) is 3.02. The molecule has 1 N–H and O–H groups in total. The van der Waals surface area contributed by atoms with Crippen molar-refractivity contribution in [1.82, 2.24) is 0 Å². The Morgan fingerprint density at radius 3 is 1.96 bits per heavy atom. The van der Waals surface area contributed by atoms with Gasteiger partial charge >= 0.3 is 11.9 Å². The molecule has 28 heavy (non-hydrogen) atoms. The summed E-state index contributed by atoms with van der Waals surface area (Å²) in [7, 11) is 0. The molecule has 4 atom stereocenters. The van der Waals surface area contributed by atoms with Crippen LogP contribution in [0.5, 0.6) is 0 Å². The van der Waals surface area contributed by atoms with Crippen LogP contribution in [0.25, 0.3) is 10.4 Å². The van der Waals surface area contributed by atoms with Crippen LogP contribution in [0.3, 0.4) is 0 Å². The number of aliphatic hydroxyl groups excluding tert-OH is 1. The Kier molecular flexibility index (Phi) is 6.23. The fourth-order valence-electron chi connectivity index (χ4n) is 2.77. The highest BCUT2D eigenvalue weighted by Gasteiger charge is 2.48. The average molecular weight is 383 g/mol. The molecule has 1 heterocycles. The largest absolute Gasteiger partial charge is 0.452 e. The number of ether oxygens (including phenoxy) is 3. The maximum atomic E-state index is 12.4. The van der Waals surface area contributed by atoms with E-state index in [1.165, 1.54) is 0 Å². The summed E-state index contributed by atoms with van der Waals surface area (Å²) in [5.41, 5.74) is 9.09. The molecule has 0 spiro atoms. The second-order valence-electron chi connectivity index (χ2n) is 5.95. The molecule has 0 aliphatic carbocycles. The molecule has 9 nitrogen and oxygen atoms in total. The van der Waals surface area contributed by atoms with Gasteiger partial charge in [0.15, 0.2) is 18.5 Å². The van der Waals surface area contributed by atoms with Crippen LogP contribution in [-0.2, 0) is 14.2 Å². The van der Waals surface area contributed by atoms with Crippen molar-refractivity contribution in [3.05, 3.63) is 82.2 Å². The van der Waals surface area contributed by atoms with Gasteiger partial charge in [0.2, 0.25) is 0 Å². The third kappa shape index (κ3) is 4.47. The van der Waals surface area contributed by atoms with Gasteiger partial charge in [-0.1, -0.05) is 41.5 Å². The minimum atomic E-state index is -1.54. The summed E-state index contributed by atoms with van der Waals surface area (Å²) in [5, 5.41) is 13.6. The Balaban J connectivity index is 1.80. The van der Waals surface area contributed by atoms with Crippen molar-refractivity contribution in [2.24, 2.45) is 5.11 Å². The number of nitrogens with zero attached hydrogens (tertiary/aromatic N) is 3. The molecule has 0 radical (unpaired) electrons. The molecule has 1 fully saturated rings. The maximum absolute atomic E-state index is 12.4. The van der Waals surface area contributed by atoms with Crippen LogP contribution in [0.15, 0.2) is 65.8 Å². The molecule has 1 unspecified atom stereocenters. The van der Waals surface area contributed by atoms with Gasteiger partial charge in [-0.25, -0.2) is 9.59 Å². The SMILES string of the molecule is [N-]=[N+]=NC[C@H]1O[C@@H](O)[C@@H](OC(=O)c2ccccc2)C1OC(=O)c1ccccc1. The second-order valence-corrected chi connectivity index (χ2v) is 5.95. The van der Waals surface area contributed by atoms with E-state index in [1.54, 1.807) is 60.7 Å². The summed E-state index contributed by atoms with van der Waals surface area (Å²) in [6.45, 7) is -0.209. The van der Waals surface area contributed by atoms with Crippen molar-refractivity contribution in [2.75, 3.05) is 6.54 Å². The van der Waals surface area contributed by atoms with Crippen LogP contribution in [-0.4, -0.2) is 48.2 Å². The molecule has 1 aliphatic heterocycles. The zero-order valence-corrected chi connectivity index (χ0v) is 14.6. The molecule has 1 aliphatic rings. The summed E-state index contributed by atoms with van der Waals surface area (Å²) in [5.74, 6) is -1.39. The molecule has 2 aromatic carbocycles. The minimum Gasteiger partial charge on any atom is -0.452 e. The van der Waals surface area contributed by atoms with Gasteiger partial charge < -0.3 is 19.3 Å². The molecule has 0 saturated carbocycles. The predicted molar refractivity (Wildman–Crippen MR) is 96.2 cm³/mol. The van der Waals surface area contributed by atoms with E-state index in [0.29, 0.717) is 0 Å². The van der Waals surface area contributed by atoms with Gasteiger partial charge in [-0.05, 0) is 29.8 Å². The summed E-state index contributed by atoms with van der Waals surface area (Å²) in [6, 6.07) is 16.4. The molecule has 0 amide bonds. The van der Waals surface area contributed by atoms with Crippen LogP contribution in [0.1, 0.15) is 20.7 Å². The summed E-state index contributed by atoms with van der Waals surface area (Å²) in [4.78, 5) is 27.4. The van der Waals surface area contributed by atoms with Gasteiger partial charge in [0, 0.05) is 4.91 Å². The van der Waals surface area contributed by atoms with E-state index >= 15 is 0 Å². The Morgan fingerprint density at radius 2 is 1.46 bits per heavy atom.